The van der Waals surface area contributed by atoms with Gasteiger partial charge in [0.05, 0.1) is 17.6 Å². The molecule has 2 aromatic carbocycles. The van der Waals surface area contributed by atoms with Crippen molar-refractivity contribution < 1.29 is 14.3 Å². The van der Waals surface area contributed by atoms with Crippen LogP contribution < -0.4 is 10.1 Å². The van der Waals surface area contributed by atoms with Gasteiger partial charge in [-0.25, -0.2) is 4.98 Å². The molecule has 0 aliphatic heterocycles. The molecule has 154 valence electrons. The van der Waals surface area contributed by atoms with E-state index in [0.717, 1.165) is 48.4 Å². The number of hydrogen-bond acceptors (Lipinski definition) is 4. The van der Waals surface area contributed by atoms with Gasteiger partial charge in [0.25, 0.3) is 0 Å². The Labute approximate surface area is 171 Å². The predicted octanol–water partition coefficient (Wildman–Crippen LogP) is 3.51. The number of aryl methyl sites for hydroxylation is 3. The lowest BCUT2D eigenvalue weighted by molar-refractivity contribution is -0.124. The van der Waals surface area contributed by atoms with Crippen LogP contribution in [0.25, 0.3) is 11.0 Å². The van der Waals surface area contributed by atoms with Gasteiger partial charge in [-0.1, -0.05) is 29.8 Å². The number of hydrogen-bond donors (Lipinski definition) is 1. The maximum Gasteiger partial charge on any atom is 0.245 e. The van der Waals surface area contributed by atoms with Crippen molar-refractivity contribution in [2.75, 3.05) is 26.9 Å². The highest BCUT2D eigenvalue weighted by molar-refractivity contribution is 5.77. The number of ether oxygens (including phenoxy) is 2. The zero-order valence-electron chi connectivity index (χ0n) is 17.2. The highest BCUT2D eigenvalue weighted by Gasteiger charge is 2.10. The summed E-state index contributed by atoms with van der Waals surface area (Å²) in [6, 6.07) is 16.3. The van der Waals surface area contributed by atoms with Gasteiger partial charge in [0.1, 0.15) is 18.2 Å². The van der Waals surface area contributed by atoms with Crippen LogP contribution in [0.4, 0.5) is 0 Å². The van der Waals surface area contributed by atoms with Crippen molar-refractivity contribution in [1.29, 1.82) is 0 Å². The molecule has 1 aromatic heterocycles. The van der Waals surface area contributed by atoms with Crippen LogP contribution in [0.15, 0.2) is 48.5 Å². The van der Waals surface area contributed by atoms with Gasteiger partial charge < -0.3 is 19.4 Å². The first kappa shape index (κ1) is 20.9. The molecule has 0 saturated carbocycles. The fourth-order valence-electron chi connectivity index (χ4n) is 3.27. The molecule has 0 aliphatic rings. The van der Waals surface area contributed by atoms with Gasteiger partial charge in [0, 0.05) is 26.6 Å². The summed E-state index contributed by atoms with van der Waals surface area (Å²) < 4.78 is 13.0. The Morgan fingerprint density at radius 3 is 2.69 bits per heavy atom. The summed E-state index contributed by atoms with van der Waals surface area (Å²) in [7, 11) is 1.52. The molecule has 0 fully saturated rings. The Hall–Kier alpha value is -2.86. The van der Waals surface area contributed by atoms with E-state index in [0.29, 0.717) is 13.2 Å². The van der Waals surface area contributed by atoms with E-state index in [1.54, 1.807) is 0 Å². The quantitative estimate of drug-likeness (QED) is 0.505. The number of imidazole rings is 1. The van der Waals surface area contributed by atoms with Crippen LogP contribution in [0.3, 0.4) is 0 Å². The number of fused-ring (bicyclic) bond motifs is 1. The maximum absolute atomic E-state index is 11.5. The summed E-state index contributed by atoms with van der Waals surface area (Å²) in [6.07, 6.45) is 2.53. The Morgan fingerprint density at radius 1 is 1.10 bits per heavy atom. The molecule has 1 amide bonds. The zero-order chi connectivity index (χ0) is 20.5. The SMILES string of the molecule is COCC(=O)NCCCc1nc2ccccc2n1CCCOc1ccc(C)cc1. The fourth-order valence-corrected chi connectivity index (χ4v) is 3.27. The Bertz CT molecular complexity index is 919. The maximum atomic E-state index is 11.5. The number of para-hydroxylation sites is 2. The second-order valence-corrected chi connectivity index (χ2v) is 7.07. The molecule has 3 aromatic rings. The van der Waals surface area contributed by atoms with E-state index in [1.165, 1.54) is 12.7 Å². The predicted molar refractivity (Wildman–Crippen MR) is 114 cm³/mol. The molecule has 0 unspecified atom stereocenters. The molecule has 0 saturated heterocycles. The van der Waals surface area contributed by atoms with Crippen LogP contribution in [0.5, 0.6) is 5.75 Å². The van der Waals surface area contributed by atoms with Gasteiger partial charge in [-0.15, -0.1) is 0 Å². The third-order valence-electron chi connectivity index (χ3n) is 4.72. The molecule has 0 radical (unpaired) electrons. The minimum absolute atomic E-state index is 0.0887. The van der Waals surface area contributed by atoms with Crippen molar-refractivity contribution in [3.63, 3.8) is 0 Å². The van der Waals surface area contributed by atoms with Crippen LogP contribution in [0.1, 0.15) is 24.2 Å². The molecular weight excluding hydrogens is 366 g/mol. The first-order valence-corrected chi connectivity index (χ1v) is 10.1. The number of methoxy groups -OCH3 is 1. The number of carbonyl (C=O) groups excluding carboxylic acids is 1. The Kier molecular flexibility index (Phi) is 7.64. The number of benzene rings is 2. The molecule has 29 heavy (non-hydrogen) atoms. The minimum atomic E-state index is -0.0887. The fraction of sp³-hybridized carbons (Fsp3) is 0.391. The van der Waals surface area contributed by atoms with E-state index in [-0.39, 0.29) is 12.5 Å². The van der Waals surface area contributed by atoms with Crippen molar-refractivity contribution in [3.8, 4) is 5.75 Å². The van der Waals surface area contributed by atoms with Crippen LogP contribution in [0, 0.1) is 6.92 Å². The second-order valence-electron chi connectivity index (χ2n) is 7.07. The standard InChI is InChI=1S/C23H29N3O3/c1-18-10-12-19(13-11-18)29-16-6-15-26-21-8-4-3-7-20(21)25-22(26)9-5-14-24-23(27)17-28-2/h3-4,7-8,10-13H,5-6,9,14-17H2,1-2H3,(H,24,27). The molecule has 0 spiro atoms. The summed E-state index contributed by atoms with van der Waals surface area (Å²) in [6.45, 7) is 4.28. The van der Waals surface area contributed by atoms with Crippen LogP contribution in [-0.2, 0) is 22.5 Å². The number of nitrogens with zero attached hydrogens (tertiary/aromatic N) is 2. The highest BCUT2D eigenvalue weighted by atomic mass is 16.5. The molecule has 3 rings (SSSR count). The number of nitrogens with one attached hydrogen (secondary N) is 1. The summed E-state index contributed by atoms with van der Waals surface area (Å²) in [5.41, 5.74) is 3.37. The normalized spacial score (nSPS) is 11.0. The average molecular weight is 396 g/mol. The molecule has 1 N–H and O–H groups in total. The van der Waals surface area contributed by atoms with Gasteiger partial charge in [-0.2, -0.15) is 0 Å². The molecular formula is C23H29N3O3. The highest BCUT2D eigenvalue weighted by Crippen LogP contribution is 2.18. The van der Waals surface area contributed by atoms with Crippen LogP contribution in [-0.4, -0.2) is 42.3 Å². The Balaban J connectivity index is 1.56. The molecule has 0 aliphatic carbocycles. The van der Waals surface area contributed by atoms with E-state index in [1.807, 2.05) is 30.3 Å². The van der Waals surface area contributed by atoms with E-state index >= 15 is 0 Å². The summed E-state index contributed by atoms with van der Waals surface area (Å²) in [4.78, 5) is 16.3. The topological polar surface area (TPSA) is 65.4 Å². The molecule has 6 heteroatoms. The lowest BCUT2D eigenvalue weighted by atomic mass is 10.2. The summed E-state index contributed by atoms with van der Waals surface area (Å²) >= 11 is 0. The lowest BCUT2D eigenvalue weighted by Crippen LogP contribution is -2.28. The van der Waals surface area contributed by atoms with Crippen molar-refractivity contribution in [2.45, 2.75) is 32.7 Å². The third-order valence-corrected chi connectivity index (χ3v) is 4.72. The minimum Gasteiger partial charge on any atom is -0.494 e. The molecule has 0 bridgehead atoms. The van der Waals surface area contributed by atoms with E-state index in [9.17, 15) is 4.79 Å². The zero-order valence-corrected chi connectivity index (χ0v) is 17.2. The Morgan fingerprint density at radius 2 is 1.90 bits per heavy atom. The summed E-state index contributed by atoms with van der Waals surface area (Å²) in [5.74, 6) is 1.86. The van der Waals surface area contributed by atoms with E-state index < -0.39 is 0 Å². The van der Waals surface area contributed by atoms with Gasteiger partial charge in [0.2, 0.25) is 5.91 Å². The molecule has 6 nitrogen and oxygen atoms in total. The first-order chi connectivity index (χ1) is 14.2. The van der Waals surface area contributed by atoms with Gasteiger partial charge in [-0.05, 0) is 44.0 Å². The summed E-state index contributed by atoms with van der Waals surface area (Å²) in [5, 5.41) is 2.86. The number of carbonyl (C=O) groups is 1. The van der Waals surface area contributed by atoms with Crippen molar-refractivity contribution in [1.82, 2.24) is 14.9 Å². The van der Waals surface area contributed by atoms with Crippen molar-refractivity contribution in [2.24, 2.45) is 0 Å². The molecule has 0 atom stereocenters. The number of rotatable bonds is 11. The van der Waals surface area contributed by atoms with E-state index in [2.05, 4.69) is 35.0 Å². The van der Waals surface area contributed by atoms with Crippen molar-refractivity contribution >= 4 is 16.9 Å². The van der Waals surface area contributed by atoms with Gasteiger partial charge >= 0.3 is 0 Å². The second kappa shape index (κ2) is 10.6. The monoisotopic (exact) mass is 395 g/mol. The van der Waals surface area contributed by atoms with Crippen LogP contribution in [0.2, 0.25) is 0 Å². The van der Waals surface area contributed by atoms with E-state index in [4.69, 9.17) is 14.5 Å². The smallest absolute Gasteiger partial charge is 0.245 e. The van der Waals surface area contributed by atoms with Gasteiger partial charge in [0.15, 0.2) is 0 Å². The van der Waals surface area contributed by atoms with Crippen molar-refractivity contribution in [3.05, 3.63) is 59.9 Å². The molecule has 1 heterocycles. The number of amides is 1. The average Bonchev–Trinajstić information content (AvgIpc) is 3.07. The lowest BCUT2D eigenvalue weighted by Gasteiger charge is -2.11. The largest absolute Gasteiger partial charge is 0.494 e. The number of aromatic nitrogens is 2. The van der Waals surface area contributed by atoms with Crippen LogP contribution >= 0.6 is 0 Å². The first-order valence-electron chi connectivity index (χ1n) is 10.1. The van der Waals surface area contributed by atoms with Gasteiger partial charge in [-0.3, -0.25) is 4.79 Å². The third kappa shape index (κ3) is 6.06.